The van der Waals surface area contributed by atoms with Crippen LogP contribution in [0.1, 0.15) is 22.3 Å². The number of amides is 1. The van der Waals surface area contributed by atoms with Gasteiger partial charge in [0.05, 0.1) is 17.3 Å². The Hall–Kier alpha value is -2.11. The number of hydrogen-bond donors (Lipinski definition) is 2. The molecule has 2 aromatic rings. The van der Waals surface area contributed by atoms with Crippen LogP contribution in [0.4, 0.5) is 10.1 Å². The lowest BCUT2D eigenvalue weighted by Gasteiger charge is -2.29. The maximum Gasteiger partial charge on any atom is 0.251 e. The van der Waals surface area contributed by atoms with Gasteiger partial charge in [-0.25, -0.2) is 4.39 Å². The molecule has 1 saturated heterocycles. The average molecular weight is 363 g/mol. The molecule has 132 valence electrons. The van der Waals surface area contributed by atoms with Crippen molar-refractivity contribution < 1.29 is 13.9 Å². The van der Waals surface area contributed by atoms with E-state index in [-0.39, 0.29) is 17.1 Å². The summed E-state index contributed by atoms with van der Waals surface area (Å²) in [5.41, 5.74) is 2.00. The smallest absolute Gasteiger partial charge is 0.251 e. The molecule has 1 amide bonds. The van der Waals surface area contributed by atoms with Gasteiger partial charge in [0.15, 0.2) is 0 Å². The molecule has 4 nitrogen and oxygen atoms in total. The first-order valence-corrected chi connectivity index (χ1v) is 8.51. The van der Waals surface area contributed by atoms with Crippen molar-refractivity contribution in [1.29, 1.82) is 0 Å². The molecule has 0 radical (unpaired) electrons. The van der Waals surface area contributed by atoms with E-state index in [4.69, 9.17) is 16.3 Å². The molecule has 0 bridgehead atoms. The molecule has 25 heavy (non-hydrogen) atoms. The lowest BCUT2D eigenvalue weighted by molar-refractivity contribution is 0.0963. The zero-order valence-corrected chi connectivity index (χ0v) is 14.7. The Morgan fingerprint density at radius 3 is 2.68 bits per heavy atom. The van der Waals surface area contributed by atoms with Crippen LogP contribution in [-0.4, -0.2) is 32.7 Å². The number of carbonyl (C=O) groups is 1. The number of anilines is 1. The van der Waals surface area contributed by atoms with Gasteiger partial charge in [0.2, 0.25) is 0 Å². The zero-order chi connectivity index (χ0) is 17.9. The van der Waals surface area contributed by atoms with Crippen molar-refractivity contribution in [3.05, 3.63) is 64.4 Å². The normalized spacial score (nSPS) is 19.6. The highest BCUT2D eigenvalue weighted by Gasteiger charge is 2.36. The summed E-state index contributed by atoms with van der Waals surface area (Å²) in [5, 5.41) is 6.48. The van der Waals surface area contributed by atoms with Crippen molar-refractivity contribution >= 4 is 23.2 Å². The minimum atomic E-state index is -0.257. The van der Waals surface area contributed by atoms with Gasteiger partial charge in [0, 0.05) is 31.2 Å². The van der Waals surface area contributed by atoms with Gasteiger partial charge < -0.3 is 15.4 Å². The Labute approximate surface area is 151 Å². The summed E-state index contributed by atoms with van der Waals surface area (Å²) in [6.07, 6.45) is 0.832. The summed E-state index contributed by atoms with van der Waals surface area (Å²) < 4.78 is 18.9. The minimum Gasteiger partial charge on any atom is -0.383 e. The molecule has 2 aromatic carbocycles. The van der Waals surface area contributed by atoms with E-state index < -0.39 is 0 Å². The minimum absolute atomic E-state index is 0.169. The molecule has 2 N–H and O–H groups in total. The van der Waals surface area contributed by atoms with Crippen molar-refractivity contribution in [2.75, 3.05) is 32.1 Å². The van der Waals surface area contributed by atoms with Gasteiger partial charge in [0.25, 0.3) is 5.91 Å². The summed E-state index contributed by atoms with van der Waals surface area (Å²) in [6, 6.07) is 11.6. The lowest BCUT2D eigenvalue weighted by atomic mass is 9.79. The summed E-state index contributed by atoms with van der Waals surface area (Å²) in [6.45, 7) is 1.79. The van der Waals surface area contributed by atoms with Gasteiger partial charge in [-0.3, -0.25) is 4.79 Å². The van der Waals surface area contributed by atoms with E-state index in [1.807, 2.05) is 0 Å². The molecule has 1 fully saturated rings. The highest BCUT2D eigenvalue weighted by molar-refractivity contribution is 6.33. The second kappa shape index (κ2) is 7.42. The molecule has 0 aliphatic carbocycles. The molecule has 1 aliphatic heterocycles. The molecule has 3 rings (SSSR count). The maximum atomic E-state index is 13.3. The highest BCUT2D eigenvalue weighted by Crippen LogP contribution is 2.34. The fraction of sp³-hybridized carbons (Fsp3) is 0.316. The van der Waals surface area contributed by atoms with E-state index in [1.54, 1.807) is 37.4 Å². The van der Waals surface area contributed by atoms with Gasteiger partial charge >= 0.3 is 0 Å². The monoisotopic (exact) mass is 362 g/mol. The average Bonchev–Trinajstić information content (AvgIpc) is 3.11. The van der Waals surface area contributed by atoms with Crippen LogP contribution in [0.15, 0.2) is 42.5 Å². The molecule has 1 atom stereocenters. The third-order valence-electron chi connectivity index (χ3n) is 4.63. The molecule has 1 unspecified atom stereocenters. The van der Waals surface area contributed by atoms with E-state index in [1.165, 1.54) is 12.1 Å². The molecular weight excluding hydrogens is 343 g/mol. The third-order valence-corrected chi connectivity index (χ3v) is 4.96. The number of halogens is 2. The Morgan fingerprint density at radius 2 is 2.04 bits per heavy atom. The zero-order valence-electron chi connectivity index (χ0n) is 13.9. The number of nitrogens with one attached hydrogen (secondary N) is 2. The Balaban J connectivity index is 1.83. The number of carbonyl (C=O) groups excluding carboxylic acids is 1. The molecule has 1 aliphatic rings. The SMILES string of the molecule is CNC(=O)c1ccc(Cl)c(NCC2(c3ccc(F)cc3)CCOC2)c1. The van der Waals surface area contributed by atoms with Crippen LogP contribution in [0, 0.1) is 5.82 Å². The summed E-state index contributed by atoms with van der Waals surface area (Å²) in [7, 11) is 1.59. The highest BCUT2D eigenvalue weighted by atomic mass is 35.5. The fourth-order valence-corrected chi connectivity index (χ4v) is 3.27. The maximum absolute atomic E-state index is 13.3. The number of ether oxygens (including phenoxy) is 1. The Kier molecular flexibility index (Phi) is 5.25. The number of hydrogen-bond acceptors (Lipinski definition) is 3. The number of benzene rings is 2. The lowest BCUT2D eigenvalue weighted by Crippen LogP contribution is -2.35. The second-order valence-corrected chi connectivity index (χ2v) is 6.62. The largest absolute Gasteiger partial charge is 0.383 e. The molecule has 0 aromatic heterocycles. The van der Waals surface area contributed by atoms with E-state index in [9.17, 15) is 9.18 Å². The summed E-state index contributed by atoms with van der Waals surface area (Å²) >= 11 is 6.27. The molecule has 1 heterocycles. The van der Waals surface area contributed by atoms with Gasteiger partial charge in [-0.15, -0.1) is 0 Å². The van der Waals surface area contributed by atoms with Gasteiger partial charge in [-0.05, 0) is 42.3 Å². The topological polar surface area (TPSA) is 50.4 Å². The van der Waals surface area contributed by atoms with Crippen LogP contribution in [0.5, 0.6) is 0 Å². The standard InChI is InChI=1S/C19H20ClFN2O2/c1-22-18(24)13-2-7-16(20)17(10-13)23-11-19(8-9-25-12-19)14-3-5-15(21)6-4-14/h2-7,10,23H,8-9,11-12H2,1H3,(H,22,24). The Morgan fingerprint density at radius 1 is 1.28 bits per heavy atom. The van der Waals surface area contributed by atoms with Gasteiger partial charge in [-0.1, -0.05) is 23.7 Å². The molecule has 6 heteroatoms. The van der Waals surface area contributed by atoms with Crippen LogP contribution in [0.2, 0.25) is 5.02 Å². The van der Waals surface area contributed by atoms with Gasteiger partial charge in [0.1, 0.15) is 5.82 Å². The van der Waals surface area contributed by atoms with E-state index >= 15 is 0 Å². The molecule has 0 spiro atoms. The third kappa shape index (κ3) is 3.78. The second-order valence-electron chi connectivity index (χ2n) is 6.22. The van der Waals surface area contributed by atoms with Crippen molar-refractivity contribution in [3.8, 4) is 0 Å². The first-order valence-electron chi connectivity index (χ1n) is 8.13. The van der Waals surface area contributed by atoms with Crippen LogP contribution in [-0.2, 0) is 10.2 Å². The van der Waals surface area contributed by atoms with Crippen molar-refractivity contribution in [2.45, 2.75) is 11.8 Å². The van der Waals surface area contributed by atoms with Crippen LogP contribution >= 0.6 is 11.6 Å². The van der Waals surface area contributed by atoms with Crippen LogP contribution in [0.3, 0.4) is 0 Å². The number of rotatable bonds is 5. The van der Waals surface area contributed by atoms with Crippen LogP contribution in [0.25, 0.3) is 0 Å². The van der Waals surface area contributed by atoms with Crippen LogP contribution < -0.4 is 10.6 Å². The quantitative estimate of drug-likeness (QED) is 0.854. The predicted octanol–water partition coefficient (Wildman–Crippen LogP) is 3.61. The van der Waals surface area contributed by atoms with Gasteiger partial charge in [-0.2, -0.15) is 0 Å². The van der Waals surface area contributed by atoms with E-state index in [2.05, 4.69) is 10.6 Å². The molecular formula is C19H20ClFN2O2. The Bertz CT molecular complexity index is 759. The molecule has 0 saturated carbocycles. The summed E-state index contributed by atoms with van der Waals surface area (Å²) in [5.74, 6) is -0.427. The summed E-state index contributed by atoms with van der Waals surface area (Å²) in [4.78, 5) is 11.8. The van der Waals surface area contributed by atoms with E-state index in [0.717, 1.165) is 12.0 Å². The van der Waals surface area contributed by atoms with E-state index in [0.29, 0.717) is 36.0 Å². The fourth-order valence-electron chi connectivity index (χ4n) is 3.09. The van der Waals surface area contributed by atoms with Crippen molar-refractivity contribution in [1.82, 2.24) is 5.32 Å². The first-order chi connectivity index (χ1) is 12.0. The van der Waals surface area contributed by atoms with Crippen molar-refractivity contribution in [2.24, 2.45) is 0 Å². The first kappa shape index (κ1) is 17.7. The predicted molar refractivity (Wildman–Crippen MR) is 96.8 cm³/mol. The van der Waals surface area contributed by atoms with Crippen molar-refractivity contribution in [3.63, 3.8) is 0 Å².